The number of nitrogens with zero attached hydrogens (tertiary/aromatic N) is 1. The summed E-state index contributed by atoms with van der Waals surface area (Å²) in [6.07, 6.45) is 0.994. The van der Waals surface area contributed by atoms with Crippen LogP contribution in [0.5, 0.6) is 0 Å². The smallest absolute Gasteiger partial charge is 0.358 e. The fraction of sp³-hybridized carbons (Fsp3) is 0.231. The number of aryl methyl sites for hydroxylation is 3. The van der Waals surface area contributed by atoms with Crippen molar-refractivity contribution >= 4 is 5.97 Å². The Kier molecular flexibility index (Phi) is 3.41. The van der Waals surface area contributed by atoms with Gasteiger partial charge in [-0.05, 0) is 31.0 Å². The van der Waals surface area contributed by atoms with Crippen molar-refractivity contribution in [2.75, 3.05) is 0 Å². The number of aromatic carboxylic acids is 1. The molecule has 0 saturated carbocycles. The van der Waals surface area contributed by atoms with Crippen molar-refractivity contribution in [1.29, 1.82) is 0 Å². The zero-order valence-corrected chi connectivity index (χ0v) is 9.81. The molecule has 0 bridgehead atoms. The number of carbonyl (C=O) groups is 1. The normalized spacial score (nSPS) is 10.6. The van der Waals surface area contributed by atoms with Gasteiger partial charge >= 0.3 is 5.97 Å². The molecule has 1 aromatic carbocycles. The molecule has 4 nitrogen and oxygen atoms in total. The predicted molar refractivity (Wildman–Crippen MR) is 62.0 cm³/mol. The number of carboxylic acid groups (broad SMARTS) is 1. The highest BCUT2D eigenvalue weighted by molar-refractivity contribution is 5.86. The summed E-state index contributed by atoms with van der Waals surface area (Å²) in [7, 11) is 0. The molecular weight excluding hydrogens is 237 g/mol. The molecule has 1 aromatic heterocycles. The first kappa shape index (κ1) is 12.3. The molecule has 0 atom stereocenters. The van der Waals surface area contributed by atoms with Gasteiger partial charge in [-0.25, -0.2) is 14.2 Å². The third-order valence-corrected chi connectivity index (χ3v) is 2.56. The summed E-state index contributed by atoms with van der Waals surface area (Å²) >= 11 is 0. The van der Waals surface area contributed by atoms with E-state index >= 15 is 0 Å². The Morgan fingerprint density at radius 2 is 2.22 bits per heavy atom. The highest BCUT2D eigenvalue weighted by Crippen LogP contribution is 2.13. The average molecular weight is 249 g/mol. The molecule has 2 aromatic rings. The van der Waals surface area contributed by atoms with Gasteiger partial charge in [-0.1, -0.05) is 12.1 Å². The van der Waals surface area contributed by atoms with Crippen LogP contribution < -0.4 is 0 Å². The fourth-order valence-corrected chi connectivity index (χ4v) is 1.70. The maximum absolute atomic E-state index is 13.0. The summed E-state index contributed by atoms with van der Waals surface area (Å²) in [5.74, 6) is -0.749. The lowest BCUT2D eigenvalue weighted by Crippen LogP contribution is -1.99. The molecule has 0 aliphatic carbocycles. The average Bonchev–Trinajstić information content (AvgIpc) is 2.68. The lowest BCUT2D eigenvalue weighted by Gasteiger charge is -1.98. The van der Waals surface area contributed by atoms with Gasteiger partial charge in [0.1, 0.15) is 11.6 Å². The Bertz CT molecular complexity index is 577. The Labute approximate surface area is 103 Å². The zero-order chi connectivity index (χ0) is 13.1. The van der Waals surface area contributed by atoms with Crippen LogP contribution in [0.1, 0.15) is 27.7 Å². The molecule has 0 aliphatic heterocycles. The van der Waals surface area contributed by atoms with Crippen molar-refractivity contribution in [3.63, 3.8) is 0 Å². The number of hydrogen-bond donors (Lipinski definition) is 1. The number of aromatic nitrogens is 1. The molecule has 0 fully saturated rings. The molecule has 5 heteroatoms. The van der Waals surface area contributed by atoms with Crippen molar-refractivity contribution < 1.29 is 18.7 Å². The minimum absolute atomic E-state index is 0.0655. The van der Waals surface area contributed by atoms with E-state index in [2.05, 4.69) is 4.98 Å². The van der Waals surface area contributed by atoms with E-state index in [0.29, 0.717) is 18.7 Å². The summed E-state index contributed by atoms with van der Waals surface area (Å²) in [6.45, 7) is 1.56. The first-order chi connectivity index (χ1) is 8.56. The molecule has 0 spiro atoms. The van der Waals surface area contributed by atoms with E-state index in [9.17, 15) is 9.18 Å². The molecular formula is C13H12FNO3. The van der Waals surface area contributed by atoms with Crippen molar-refractivity contribution in [3.8, 4) is 0 Å². The summed E-state index contributed by atoms with van der Waals surface area (Å²) in [6, 6.07) is 6.25. The van der Waals surface area contributed by atoms with Crippen LogP contribution in [0.15, 0.2) is 28.7 Å². The van der Waals surface area contributed by atoms with Crippen LogP contribution in [-0.2, 0) is 12.8 Å². The van der Waals surface area contributed by atoms with Gasteiger partial charge in [0, 0.05) is 6.42 Å². The molecule has 0 aliphatic rings. The maximum atomic E-state index is 13.0. The summed E-state index contributed by atoms with van der Waals surface area (Å²) < 4.78 is 18.2. The molecule has 1 heterocycles. The Balaban J connectivity index is 2.06. The molecule has 2 rings (SSSR count). The first-order valence-corrected chi connectivity index (χ1v) is 5.50. The van der Waals surface area contributed by atoms with Crippen molar-refractivity contribution in [1.82, 2.24) is 4.98 Å². The van der Waals surface area contributed by atoms with Crippen molar-refractivity contribution in [2.45, 2.75) is 19.8 Å². The van der Waals surface area contributed by atoms with Crippen LogP contribution in [0.4, 0.5) is 4.39 Å². The lowest BCUT2D eigenvalue weighted by atomic mass is 10.1. The second kappa shape index (κ2) is 5.00. The highest BCUT2D eigenvalue weighted by atomic mass is 19.1. The number of halogens is 1. The molecule has 94 valence electrons. The van der Waals surface area contributed by atoms with Crippen LogP contribution in [-0.4, -0.2) is 16.1 Å². The number of hydrogen-bond acceptors (Lipinski definition) is 3. The van der Waals surface area contributed by atoms with Crippen LogP contribution in [0.25, 0.3) is 0 Å². The van der Waals surface area contributed by atoms with Crippen LogP contribution in [0, 0.1) is 12.7 Å². The quantitative estimate of drug-likeness (QED) is 0.904. The molecule has 0 amide bonds. The molecule has 0 unspecified atom stereocenters. The van der Waals surface area contributed by atoms with E-state index in [0.717, 1.165) is 5.56 Å². The minimum Gasteiger partial charge on any atom is -0.476 e. The summed E-state index contributed by atoms with van der Waals surface area (Å²) in [5, 5.41) is 8.83. The van der Waals surface area contributed by atoms with E-state index < -0.39 is 5.97 Å². The maximum Gasteiger partial charge on any atom is 0.358 e. The van der Waals surface area contributed by atoms with Gasteiger partial charge in [0.15, 0.2) is 11.6 Å². The monoisotopic (exact) mass is 249 g/mol. The second-order valence-electron chi connectivity index (χ2n) is 3.95. The van der Waals surface area contributed by atoms with E-state index in [4.69, 9.17) is 9.52 Å². The van der Waals surface area contributed by atoms with Gasteiger partial charge in [0.2, 0.25) is 0 Å². The Morgan fingerprint density at radius 3 is 2.83 bits per heavy atom. The number of oxazole rings is 1. The second-order valence-corrected chi connectivity index (χ2v) is 3.95. The van der Waals surface area contributed by atoms with Crippen molar-refractivity contribution in [3.05, 3.63) is 53.0 Å². The van der Waals surface area contributed by atoms with E-state index in [1.54, 1.807) is 19.1 Å². The van der Waals surface area contributed by atoms with Crippen LogP contribution in [0.3, 0.4) is 0 Å². The zero-order valence-electron chi connectivity index (χ0n) is 9.81. The predicted octanol–water partition coefficient (Wildman–Crippen LogP) is 2.61. The first-order valence-electron chi connectivity index (χ1n) is 5.50. The Hall–Kier alpha value is -2.17. The van der Waals surface area contributed by atoms with E-state index in [1.165, 1.54) is 12.1 Å². The molecule has 0 radical (unpaired) electrons. The van der Waals surface area contributed by atoms with Gasteiger partial charge in [-0.2, -0.15) is 0 Å². The van der Waals surface area contributed by atoms with E-state index in [1.807, 2.05) is 0 Å². The third-order valence-electron chi connectivity index (χ3n) is 2.56. The largest absolute Gasteiger partial charge is 0.476 e. The number of benzene rings is 1. The molecule has 18 heavy (non-hydrogen) atoms. The third kappa shape index (κ3) is 2.74. The summed E-state index contributed by atoms with van der Waals surface area (Å²) in [4.78, 5) is 14.7. The minimum atomic E-state index is -1.10. The topological polar surface area (TPSA) is 63.3 Å². The van der Waals surface area contributed by atoms with Gasteiger partial charge in [0.25, 0.3) is 0 Å². The summed E-state index contributed by atoms with van der Waals surface area (Å²) in [5.41, 5.74) is 0.756. The molecule has 0 saturated heterocycles. The van der Waals surface area contributed by atoms with Gasteiger partial charge in [-0.3, -0.25) is 0 Å². The van der Waals surface area contributed by atoms with Gasteiger partial charge in [-0.15, -0.1) is 0 Å². The van der Waals surface area contributed by atoms with E-state index in [-0.39, 0.29) is 17.3 Å². The highest BCUT2D eigenvalue weighted by Gasteiger charge is 2.15. The lowest BCUT2D eigenvalue weighted by molar-refractivity contribution is 0.0689. The Morgan fingerprint density at radius 1 is 1.44 bits per heavy atom. The number of carboxylic acids is 1. The molecule has 1 N–H and O–H groups in total. The number of rotatable bonds is 4. The van der Waals surface area contributed by atoms with Gasteiger partial charge in [0.05, 0.1) is 0 Å². The van der Waals surface area contributed by atoms with Crippen molar-refractivity contribution in [2.24, 2.45) is 0 Å². The fourth-order valence-electron chi connectivity index (χ4n) is 1.70. The van der Waals surface area contributed by atoms with Crippen LogP contribution in [0.2, 0.25) is 0 Å². The van der Waals surface area contributed by atoms with Gasteiger partial charge < -0.3 is 9.52 Å². The SMILES string of the molecule is Cc1oc(CCc2cccc(F)c2)nc1C(=O)O. The standard InChI is InChI=1S/C13H12FNO3/c1-8-12(13(16)17)15-11(18-8)6-5-9-3-2-4-10(14)7-9/h2-4,7H,5-6H2,1H3,(H,16,17). The van der Waals surface area contributed by atoms with Crippen LogP contribution >= 0.6 is 0 Å².